The molecule has 0 bridgehead atoms. The van der Waals surface area contributed by atoms with Crippen LogP contribution >= 0.6 is 0 Å². The van der Waals surface area contributed by atoms with Crippen molar-refractivity contribution in [1.82, 2.24) is 9.47 Å². The number of aromatic nitrogens is 1. The highest BCUT2D eigenvalue weighted by atomic mass is 16.3. The highest BCUT2D eigenvalue weighted by Crippen LogP contribution is 2.25. The second kappa shape index (κ2) is 4.92. The van der Waals surface area contributed by atoms with E-state index in [1.54, 1.807) is 0 Å². The largest absolute Gasteiger partial charge is 0.388 e. The maximum absolute atomic E-state index is 11.9. The summed E-state index contributed by atoms with van der Waals surface area (Å²) in [6.07, 6.45) is 6.24. The third-order valence-corrected chi connectivity index (χ3v) is 3.35. The summed E-state index contributed by atoms with van der Waals surface area (Å²) in [5, 5.41) is 9.68. The Morgan fingerprint density at radius 2 is 2.35 bits per heavy atom. The van der Waals surface area contributed by atoms with Gasteiger partial charge in [0.25, 0.3) is 0 Å². The van der Waals surface area contributed by atoms with Crippen LogP contribution in [0.2, 0.25) is 0 Å². The lowest BCUT2D eigenvalue weighted by molar-refractivity contribution is -0.131. The Balaban J connectivity index is 1.94. The third kappa shape index (κ3) is 2.88. The monoisotopic (exact) mass is 236 g/mol. The van der Waals surface area contributed by atoms with E-state index in [1.807, 2.05) is 41.9 Å². The highest BCUT2D eigenvalue weighted by molar-refractivity contribution is 5.76. The van der Waals surface area contributed by atoms with E-state index in [1.165, 1.54) is 0 Å². The molecule has 0 aliphatic heterocycles. The van der Waals surface area contributed by atoms with Crippen molar-refractivity contribution in [2.24, 2.45) is 0 Å². The molecule has 2 rings (SSSR count). The molecule has 1 fully saturated rings. The van der Waals surface area contributed by atoms with Gasteiger partial charge in [-0.1, -0.05) is 6.92 Å². The molecule has 1 aliphatic rings. The Bertz CT molecular complexity index is 396. The first-order chi connectivity index (χ1) is 8.11. The minimum Gasteiger partial charge on any atom is -0.388 e. The predicted molar refractivity (Wildman–Crippen MR) is 65.5 cm³/mol. The van der Waals surface area contributed by atoms with Crippen molar-refractivity contribution in [2.45, 2.75) is 44.9 Å². The van der Waals surface area contributed by atoms with Crippen molar-refractivity contribution >= 4 is 5.91 Å². The zero-order valence-electron chi connectivity index (χ0n) is 10.5. The first-order valence-electron chi connectivity index (χ1n) is 6.21. The molecule has 4 nitrogen and oxygen atoms in total. The van der Waals surface area contributed by atoms with Crippen molar-refractivity contribution in [3.8, 4) is 0 Å². The molecule has 1 heterocycles. The number of hydrogen-bond acceptors (Lipinski definition) is 2. The van der Waals surface area contributed by atoms with Crippen LogP contribution in [0.4, 0.5) is 0 Å². The fraction of sp³-hybridized carbons (Fsp3) is 0.615. The fourth-order valence-corrected chi connectivity index (χ4v) is 1.92. The van der Waals surface area contributed by atoms with Gasteiger partial charge in [-0.15, -0.1) is 0 Å². The highest BCUT2D eigenvalue weighted by Gasteiger charge is 2.29. The molecule has 4 heteroatoms. The molecule has 1 aliphatic carbocycles. The Kier molecular flexibility index (Phi) is 3.52. The number of aliphatic hydroxyl groups excluding tert-OH is 1. The van der Waals surface area contributed by atoms with E-state index >= 15 is 0 Å². The number of likely N-dealkylation sites (N-methyl/N-ethyl adjacent to an activating group) is 1. The van der Waals surface area contributed by atoms with E-state index in [4.69, 9.17) is 0 Å². The summed E-state index contributed by atoms with van der Waals surface area (Å²) in [4.78, 5) is 13.7. The Morgan fingerprint density at radius 3 is 2.94 bits per heavy atom. The summed E-state index contributed by atoms with van der Waals surface area (Å²) < 4.78 is 1.84. The van der Waals surface area contributed by atoms with Gasteiger partial charge in [-0.2, -0.15) is 0 Å². The number of rotatable bonds is 5. The zero-order chi connectivity index (χ0) is 12.4. The van der Waals surface area contributed by atoms with Gasteiger partial charge >= 0.3 is 0 Å². The van der Waals surface area contributed by atoms with Crippen molar-refractivity contribution in [3.63, 3.8) is 0 Å². The van der Waals surface area contributed by atoms with Gasteiger partial charge in [0.2, 0.25) is 5.91 Å². The van der Waals surface area contributed by atoms with Gasteiger partial charge < -0.3 is 14.6 Å². The van der Waals surface area contributed by atoms with Gasteiger partial charge in [-0.05, 0) is 30.9 Å². The molecule has 0 aromatic carbocycles. The van der Waals surface area contributed by atoms with Crippen molar-refractivity contribution in [3.05, 3.63) is 24.0 Å². The minimum atomic E-state index is -0.424. The summed E-state index contributed by atoms with van der Waals surface area (Å²) in [6.45, 7) is 2.30. The van der Waals surface area contributed by atoms with Gasteiger partial charge in [0, 0.05) is 25.5 Å². The van der Waals surface area contributed by atoms with E-state index < -0.39 is 6.10 Å². The van der Waals surface area contributed by atoms with Crippen molar-refractivity contribution < 1.29 is 9.90 Å². The number of hydrogen-bond donors (Lipinski definition) is 1. The molecule has 0 radical (unpaired) electrons. The van der Waals surface area contributed by atoms with Gasteiger partial charge in [-0.25, -0.2) is 0 Å². The van der Waals surface area contributed by atoms with Crippen LogP contribution in [-0.4, -0.2) is 33.6 Å². The SMILES string of the molecule is CCC(O)c1ccn(CC(=O)N(C)C2CC2)c1. The molecule has 1 saturated carbocycles. The van der Waals surface area contributed by atoms with E-state index in [2.05, 4.69) is 0 Å². The average molecular weight is 236 g/mol. The van der Waals surface area contributed by atoms with E-state index in [0.29, 0.717) is 19.0 Å². The lowest BCUT2D eigenvalue weighted by Crippen LogP contribution is -2.31. The Hall–Kier alpha value is -1.29. The van der Waals surface area contributed by atoms with E-state index in [9.17, 15) is 9.90 Å². The molecule has 1 aromatic heterocycles. The molecule has 17 heavy (non-hydrogen) atoms. The summed E-state index contributed by atoms with van der Waals surface area (Å²) in [5.41, 5.74) is 0.884. The van der Waals surface area contributed by atoms with Gasteiger partial charge in [0.15, 0.2) is 0 Å². The molecular formula is C13H20N2O2. The summed E-state index contributed by atoms with van der Waals surface area (Å²) in [6, 6.07) is 2.33. The van der Waals surface area contributed by atoms with Gasteiger partial charge in [0.05, 0.1) is 6.10 Å². The second-order valence-corrected chi connectivity index (χ2v) is 4.78. The topological polar surface area (TPSA) is 45.5 Å². The second-order valence-electron chi connectivity index (χ2n) is 4.78. The van der Waals surface area contributed by atoms with Crippen LogP contribution in [0.25, 0.3) is 0 Å². The maximum Gasteiger partial charge on any atom is 0.242 e. The molecule has 94 valence electrons. The number of amides is 1. The number of carbonyl (C=O) groups excluding carboxylic acids is 1. The van der Waals surface area contributed by atoms with E-state index in [0.717, 1.165) is 18.4 Å². The molecule has 0 saturated heterocycles. The quantitative estimate of drug-likeness (QED) is 0.843. The molecule has 0 spiro atoms. The number of aliphatic hydroxyl groups is 1. The zero-order valence-corrected chi connectivity index (χ0v) is 10.5. The first-order valence-corrected chi connectivity index (χ1v) is 6.21. The van der Waals surface area contributed by atoms with Crippen LogP contribution in [-0.2, 0) is 11.3 Å². The summed E-state index contributed by atoms with van der Waals surface area (Å²) in [5.74, 6) is 0.139. The molecular weight excluding hydrogens is 216 g/mol. The summed E-state index contributed by atoms with van der Waals surface area (Å²) >= 11 is 0. The predicted octanol–water partition coefficient (Wildman–Crippen LogP) is 1.55. The normalized spacial score (nSPS) is 16.9. The smallest absolute Gasteiger partial charge is 0.242 e. The number of nitrogens with zero attached hydrogens (tertiary/aromatic N) is 2. The van der Waals surface area contributed by atoms with Crippen LogP contribution in [0.3, 0.4) is 0 Å². The third-order valence-electron chi connectivity index (χ3n) is 3.35. The Morgan fingerprint density at radius 1 is 1.65 bits per heavy atom. The van der Waals surface area contributed by atoms with Crippen molar-refractivity contribution in [1.29, 1.82) is 0 Å². The molecule has 1 N–H and O–H groups in total. The van der Waals surface area contributed by atoms with Crippen molar-refractivity contribution in [2.75, 3.05) is 7.05 Å². The molecule has 1 amide bonds. The fourth-order valence-electron chi connectivity index (χ4n) is 1.92. The lowest BCUT2D eigenvalue weighted by Gasteiger charge is -2.16. The molecule has 1 aromatic rings. The molecule has 1 atom stereocenters. The van der Waals surface area contributed by atoms with Gasteiger partial charge in [0.1, 0.15) is 6.54 Å². The maximum atomic E-state index is 11.9. The minimum absolute atomic E-state index is 0.139. The van der Waals surface area contributed by atoms with Crippen LogP contribution in [0.15, 0.2) is 18.5 Å². The lowest BCUT2D eigenvalue weighted by atomic mass is 10.1. The van der Waals surface area contributed by atoms with Crippen LogP contribution in [0, 0.1) is 0 Å². The molecule has 1 unspecified atom stereocenters. The van der Waals surface area contributed by atoms with Crippen LogP contribution in [0.1, 0.15) is 37.9 Å². The van der Waals surface area contributed by atoms with Gasteiger partial charge in [-0.3, -0.25) is 4.79 Å². The summed E-state index contributed by atoms with van der Waals surface area (Å²) in [7, 11) is 1.87. The standard InChI is InChI=1S/C13H20N2O2/c1-3-12(16)10-6-7-15(8-10)9-13(17)14(2)11-4-5-11/h6-8,11-12,16H,3-5,9H2,1-2H3. The average Bonchev–Trinajstić information content (AvgIpc) is 3.08. The van der Waals surface area contributed by atoms with Crippen LogP contribution < -0.4 is 0 Å². The van der Waals surface area contributed by atoms with Crippen LogP contribution in [0.5, 0.6) is 0 Å². The Labute approximate surface area is 102 Å². The first kappa shape index (κ1) is 12.2. The number of carbonyl (C=O) groups is 1. The van der Waals surface area contributed by atoms with E-state index in [-0.39, 0.29) is 5.91 Å².